The largest absolute Gasteiger partial charge is 0.508 e. The van der Waals surface area contributed by atoms with Crippen molar-refractivity contribution < 1.29 is 9.90 Å². The van der Waals surface area contributed by atoms with Crippen molar-refractivity contribution in [2.75, 3.05) is 5.32 Å². The highest BCUT2D eigenvalue weighted by molar-refractivity contribution is 6.05. The molecule has 0 heterocycles. The van der Waals surface area contributed by atoms with Gasteiger partial charge in [-0.15, -0.1) is 0 Å². The van der Waals surface area contributed by atoms with E-state index in [0.29, 0.717) is 5.56 Å². The molecule has 0 atom stereocenters. The lowest BCUT2D eigenvalue weighted by atomic mass is 10.0. The van der Waals surface area contributed by atoms with E-state index in [0.717, 1.165) is 27.9 Å². The monoisotopic (exact) mass is 269 g/mol. The van der Waals surface area contributed by atoms with Crippen LogP contribution in [0.1, 0.15) is 32.6 Å². The van der Waals surface area contributed by atoms with E-state index in [1.165, 1.54) is 0 Å². The molecule has 0 radical (unpaired) electrons. The number of nitrogens with one attached hydrogen (secondary N) is 1. The lowest BCUT2D eigenvalue weighted by Crippen LogP contribution is -2.14. The minimum absolute atomic E-state index is 0.129. The van der Waals surface area contributed by atoms with Crippen LogP contribution < -0.4 is 5.32 Å². The molecule has 2 N–H and O–H groups in total. The number of aromatic hydroxyl groups is 1. The number of anilines is 1. The van der Waals surface area contributed by atoms with Gasteiger partial charge in [0.15, 0.2) is 0 Å². The molecule has 0 aliphatic rings. The summed E-state index contributed by atoms with van der Waals surface area (Å²) in [5.41, 5.74) is 5.06. The number of hydrogen-bond donors (Lipinski definition) is 2. The summed E-state index contributed by atoms with van der Waals surface area (Å²) in [6.45, 7) is 7.59. The van der Waals surface area contributed by atoms with E-state index in [9.17, 15) is 9.90 Å². The van der Waals surface area contributed by atoms with Gasteiger partial charge in [0.05, 0.1) is 0 Å². The van der Waals surface area contributed by atoms with Crippen LogP contribution in [-0.2, 0) is 0 Å². The Hall–Kier alpha value is -2.29. The van der Waals surface area contributed by atoms with Gasteiger partial charge in [-0.2, -0.15) is 0 Å². The number of carbonyl (C=O) groups is 1. The summed E-state index contributed by atoms with van der Waals surface area (Å²) >= 11 is 0. The second kappa shape index (κ2) is 5.37. The molecule has 20 heavy (non-hydrogen) atoms. The van der Waals surface area contributed by atoms with Crippen molar-refractivity contribution in [1.82, 2.24) is 0 Å². The summed E-state index contributed by atoms with van der Waals surface area (Å²) in [5, 5.41) is 12.5. The second-order valence-corrected chi connectivity index (χ2v) is 5.23. The smallest absolute Gasteiger partial charge is 0.255 e. The minimum Gasteiger partial charge on any atom is -0.508 e. The molecule has 0 fully saturated rings. The van der Waals surface area contributed by atoms with Crippen LogP contribution >= 0.6 is 0 Å². The van der Waals surface area contributed by atoms with E-state index in [1.54, 1.807) is 12.1 Å². The molecule has 1 amide bonds. The Labute approximate surface area is 119 Å². The maximum absolute atomic E-state index is 12.3. The minimum atomic E-state index is -0.129. The van der Waals surface area contributed by atoms with E-state index >= 15 is 0 Å². The summed E-state index contributed by atoms with van der Waals surface area (Å²) in [4.78, 5) is 12.3. The van der Waals surface area contributed by atoms with Crippen LogP contribution in [0.5, 0.6) is 5.75 Å². The molecule has 0 bridgehead atoms. The number of rotatable bonds is 2. The molecule has 0 aliphatic heterocycles. The van der Waals surface area contributed by atoms with Gasteiger partial charge >= 0.3 is 0 Å². The molecule has 104 valence electrons. The summed E-state index contributed by atoms with van der Waals surface area (Å²) in [6.07, 6.45) is 0. The standard InChI is InChI=1S/C17H19NO2/c1-10-5-6-14(11(2)7-10)17(20)18-15-8-13(4)16(19)9-12(15)3/h5-9,19H,1-4H3,(H,18,20). The van der Waals surface area contributed by atoms with Gasteiger partial charge in [0.25, 0.3) is 5.91 Å². The normalized spacial score (nSPS) is 10.4. The zero-order chi connectivity index (χ0) is 14.9. The molecule has 0 unspecified atom stereocenters. The summed E-state index contributed by atoms with van der Waals surface area (Å²) in [5.74, 6) is 0.114. The number of aryl methyl sites for hydroxylation is 4. The Morgan fingerprint density at radius 1 is 0.950 bits per heavy atom. The van der Waals surface area contributed by atoms with Gasteiger partial charge in [-0.3, -0.25) is 4.79 Å². The first kappa shape index (κ1) is 14.1. The third kappa shape index (κ3) is 2.82. The summed E-state index contributed by atoms with van der Waals surface area (Å²) < 4.78 is 0. The molecule has 0 saturated carbocycles. The number of phenols is 1. The lowest BCUT2D eigenvalue weighted by Gasteiger charge is -2.12. The van der Waals surface area contributed by atoms with Crippen molar-refractivity contribution in [2.24, 2.45) is 0 Å². The summed E-state index contributed by atoms with van der Waals surface area (Å²) in [7, 11) is 0. The van der Waals surface area contributed by atoms with Crippen molar-refractivity contribution in [3.63, 3.8) is 0 Å². The molecular weight excluding hydrogens is 250 g/mol. The maximum atomic E-state index is 12.3. The molecule has 0 spiro atoms. The fourth-order valence-corrected chi connectivity index (χ4v) is 2.19. The number of amides is 1. The predicted molar refractivity (Wildman–Crippen MR) is 81.5 cm³/mol. The Balaban J connectivity index is 2.30. The Morgan fingerprint density at radius 3 is 2.30 bits per heavy atom. The van der Waals surface area contributed by atoms with Gasteiger partial charge in [0, 0.05) is 11.3 Å². The molecule has 0 aliphatic carbocycles. The second-order valence-electron chi connectivity index (χ2n) is 5.23. The van der Waals surface area contributed by atoms with E-state index < -0.39 is 0 Å². The topological polar surface area (TPSA) is 49.3 Å². The molecular formula is C17H19NO2. The lowest BCUT2D eigenvalue weighted by molar-refractivity contribution is 0.102. The van der Waals surface area contributed by atoms with Gasteiger partial charge in [-0.05, 0) is 62.6 Å². The van der Waals surface area contributed by atoms with Crippen LogP contribution in [0.15, 0.2) is 30.3 Å². The van der Waals surface area contributed by atoms with Crippen LogP contribution in [0.25, 0.3) is 0 Å². The van der Waals surface area contributed by atoms with Crippen LogP contribution in [0.4, 0.5) is 5.69 Å². The first-order valence-corrected chi connectivity index (χ1v) is 6.57. The van der Waals surface area contributed by atoms with Crippen molar-refractivity contribution in [2.45, 2.75) is 27.7 Å². The van der Waals surface area contributed by atoms with Crippen LogP contribution in [0.2, 0.25) is 0 Å². The van der Waals surface area contributed by atoms with Crippen molar-refractivity contribution in [1.29, 1.82) is 0 Å². The van der Waals surface area contributed by atoms with Crippen molar-refractivity contribution >= 4 is 11.6 Å². The molecule has 2 aromatic rings. The third-order valence-electron chi connectivity index (χ3n) is 3.42. The van der Waals surface area contributed by atoms with Gasteiger partial charge in [0.2, 0.25) is 0 Å². The van der Waals surface area contributed by atoms with Crippen molar-refractivity contribution in [3.05, 3.63) is 58.1 Å². The predicted octanol–water partition coefficient (Wildman–Crippen LogP) is 3.88. The molecule has 2 aromatic carbocycles. The van der Waals surface area contributed by atoms with Gasteiger partial charge in [-0.1, -0.05) is 17.7 Å². The zero-order valence-corrected chi connectivity index (χ0v) is 12.2. The Kier molecular flexibility index (Phi) is 3.79. The Morgan fingerprint density at radius 2 is 1.65 bits per heavy atom. The number of benzene rings is 2. The molecule has 2 rings (SSSR count). The average Bonchev–Trinajstić information content (AvgIpc) is 2.35. The molecule has 0 aromatic heterocycles. The average molecular weight is 269 g/mol. The highest BCUT2D eigenvalue weighted by atomic mass is 16.3. The van der Waals surface area contributed by atoms with Gasteiger partial charge in [-0.25, -0.2) is 0 Å². The van der Waals surface area contributed by atoms with Gasteiger partial charge < -0.3 is 10.4 Å². The molecule has 3 nitrogen and oxygen atoms in total. The summed E-state index contributed by atoms with van der Waals surface area (Å²) in [6, 6.07) is 9.20. The van der Waals surface area contributed by atoms with E-state index in [1.807, 2.05) is 45.9 Å². The van der Waals surface area contributed by atoms with E-state index in [4.69, 9.17) is 0 Å². The highest BCUT2D eigenvalue weighted by Crippen LogP contribution is 2.25. The van der Waals surface area contributed by atoms with E-state index in [-0.39, 0.29) is 11.7 Å². The quantitative estimate of drug-likeness (QED) is 0.813. The fourth-order valence-electron chi connectivity index (χ4n) is 2.19. The first-order chi connectivity index (χ1) is 9.38. The number of hydrogen-bond acceptors (Lipinski definition) is 2. The molecule has 0 saturated heterocycles. The number of carbonyl (C=O) groups excluding carboxylic acids is 1. The fraction of sp³-hybridized carbons (Fsp3) is 0.235. The Bertz CT molecular complexity index is 675. The third-order valence-corrected chi connectivity index (χ3v) is 3.42. The van der Waals surface area contributed by atoms with Gasteiger partial charge in [0.1, 0.15) is 5.75 Å². The SMILES string of the molecule is Cc1ccc(C(=O)Nc2cc(C)c(O)cc2C)c(C)c1. The van der Waals surface area contributed by atoms with Crippen LogP contribution in [0, 0.1) is 27.7 Å². The highest BCUT2D eigenvalue weighted by Gasteiger charge is 2.11. The number of phenolic OH excluding ortho intramolecular Hbond substituents is 1. The van der Waals surface area contributed by atoms with Crippen molar-refractivity contribution in [3.8, 4) is 5.75 Å². The van der Waals surface area contributed by atoms with E-state index in [2.05, 4.69) is 5.32 Å². The first-order valence-electron chi connectivity index (χ1n) is 6.57. The van der Waals surface area contributed by atoms with Crippen LogP contribution in [-0.4, -0.2) is 11.0 Å². The maximum Gasteiger partial charge on any atom is 0.255 e. The molecule has 3 heteroatoms. The zero-order valence-electron chi connectivity index (χ0n) is 12.2. The van der Waals surface area contributed by atoms with Crippen LogP contribution in [0.3, 0.4) is 0 Å².